The molecule has 1 aliphatic heterocycles. The molecule has 0 saturated carbocycles. The van der Waals surface area contributed by atoms with Crippen LogP contribution < -0.4 is 14.8 Å². The van der Waals surface area contributed by atoms with Gasteiger partial charge in [-0.3, -0.25) is 4.79 Å². The molecule has 0 spiro atoms. The SMILES string of the molecule is COc1cc2c(cc1OC)C(c1cnc(C)nc1)CC(=O)N2. The van der Waals surface area contributed by atoms with Crippen LogP contribution in [-0.2, 0) is 4.79 Å². The first-order chi connectivity index (χ1) is 10.6. The van der Waals surface area contributed by atoms with Crippen molar-refractivity contribution in [3.63, 3.8) is 0 Å². The fourth-order valence-corrected chi connectivity index (χ4v) is 2.67. The summed E-state index contributed by atoms with van der Waals surface area (Å²) in [6.07, 6.45) is 3.90. The average Bonchev–Trinajstić information content (AvgIpc) is 2.53. The summed E-state index contributed by atoms with van der Waals surface area (Å²) in [7, 11) is 3.16. The molecular weight excluding hydrogens is 282 g/mol. The Morgan fingerprint density at radius 1 is 1.14 bits per heavy atom. The van der Waals surface area contributed by atoms with Gasteiger partial charge >= 0.3 is 0 Å². The Morgan fingerprint density at radius 3 is 2.41 bits per heavy atom. The van der Waals surface area contributed by atoms with E-state index in [-0.39, 0.29) is 11.8 Å². The van der Waals surface area contributed by atoms with Crippen LogP contribution in [0.5, 0.6) is 11.5 Å². The Bertz CT molecular complexity index is 713. The molecule has 0 radical (unpaired) electrons. The molecule has 1 aromatic carbocycles. The first kappa shape index (κ1) is 14.3. The van der Waals surface area contributed by atoms with Crippen molar-refractivity contribution in [2.75, 3.05) is 19.5 Å². The van der Waals surface area contributed by atoms with E-state index in [1.807, 2.05) is 13.0 Å². The van der Waals surface area contributed by atoms with Gasteiger partial charge in [-0.1, -0.05) is 0 Å². The number of ether oxygens (including phenoxy) is 2. The molecule has 3 rings (SSSR count). The molecule has 2 heterocycles. The number of anilines is 1. The maximum atomic E-state index is 12.0. The Balaban J connectivity index is 2.11. The van der Waals surface area contributed by atoms with Crippen molar-refractivity contribution >= 4 is 11.6 Å². The molecule has 0 fully saturated rings. The summed E-state index contributed by atoms with van der Waals surface area (Å²) in [6.45, 7) is 1.83. The van der Waals surface area contributed by atoms with Gasteiger partial charge in [0.2, 0.25) is 5.91 Å². The fraction of sp³-hybridized carbons (Fsp3) is 0.312. The molecule has 6 heteroatoms. The lowest BCUT2D eigenvalue weighted by Gasteiger charge is -2.26. The zero-order valence-corrected chi connectivity index (χ0v) is 12.7. The number of aromatic nitrogens is 2. The third-order valence-electron chi connectivity index (χ3n) is 3.80. The Labute approximate surface area is 128 Å². The Morgan fingerprint density at radius 2 is 1.77 bits per heavy atom. The van der Waals surface area contributed by atoms with Gasteiger partial charge in [0.25, 0.3) is 0 Å². The highest BCUT2D eigenvalue weighted by molar-refractivity contribution is 5.96. The number of hydrogen-bond acceptors (Lipinski definition) is 5. The minimum atomic E-state index is -0.0934. The van der Waals surface area contributed by atoms with Gasteiger partial charge in [-0.25, -0.2) is 9.97 Å². The third kappa shape index (κ3) is 2.47. The van der Waals surface area contributed by atoms with E-state index in [0.29, 0.717) is 23.7 Å². The predicted octanol–water partition coefficient (Wildman–Crippen LogP) is 2.28. The Kier molecular flexibility index (Phi) is 3.66. The van der Waals surface area contributed by atoms with E-state index in [0.717, 1.165) is 16.8 Å². The summed E-state index contributed by atoms with van der Waals surface area (Å²) in [5.41, 5.74) is 2.62. The number of rotatable bonds is 3. The molecule has 114 valence electrons. The fourth-order valence-electron chi connectivity index (χ4n) is 2.67. The van der Waals surface area contributed by atoms with Crippen LogP contribution in [0.25, 0.3) is 0 Å². The summed E-state index contributed by atoms with van der Waals surface area (Å²) in [6, 6.07) is 3.69. The lowest BCUT2D eigenvalue weighted by atomic mass is 9.86. The number of carbonyl (C=O) groups is 1. The second-order valence-electron chi connectivity index (χ2n) is 5.16. The lowest BCUT2D eigenvalue weighted by molar-refractivity contribution is -0.116. The Hall–Kier alpha value is -2.63. The van der Waals surface area contributed by atoms with Gasteiger partial charge in [0.05, 0.1) is 14.2 Å². The summed E-state index contributed by atoms with van der Waals surface area (Å²) < 4.78 is 10.7. The molecule has 1 N–H and O–H groups in total. The molecule has 0 saturated heterocycles. The van der Waals surface area contributed by atoms with E-state index >= 15 is 0 Å². The van der Waals surface area contributed by atoms with Gasteiger partial charge in [0.15, 0.2) is 11.5 Å². The van der Waals surface area contributed by atoms with Crippen molar-refractivity contribution in [3.05, 3.63) is 41.5 Å². The highest BCUT2D eigenvalue weighted by Crippen LogP contribution is 2.42. The molecule has 1 atom stereocenters. The normalized spacial score (nSPS) is 16.7. The largest absolute Gasteiger partial charge is 0.493 e. The van der Waals surface area contributed by atoms with Crippen LogP contribution in [0.1, 0.15) is 29.3 Å². The van der Waals surface area contributed by atoms with Crippen LogP contribution in [0.4, 0.5) is 5.69 Å². The molecule has 1 aliphatic rings. The number of carbonyl (C=O) groups excluding carboxylic acids is 1. The summed E-state index contributed by atoms with van der Waals surface area (Å²) in [4.78, 5) is 20.5. The van der Waals surface area contributed by atoms with Crippen LogP contribution >= 0.6 is 0 Å². The van der Waals surface area contributed by atoms with Crippen molar-refractivity contribution in [1.82, 2.24) is 9.97 Å². The van der Waals surface area contributed by atoms with Gasteiger partial charge in [-0.05, 0) is 24.1 Å². The molecule has 2 aromatic rings. The zero-order chi connectivity index (χ0) is 15.7. The van der Waals surface area contributed by atoms with Gasteiger partial charge < -0.3 is 14.8 Å². The number of fused-ring (bicyclic) bond motifs is 1. The number of benzene rings is 1. The zero-order valence-electron chi connectivity index (χ0n) is 12.7. The topological polar surface area (TPSA) is 73.3 Å². The van der Waals surface area contributed by atoms with Gasteiger partial charge in [0.1, 0.15) is 5.82 Å². The number of amides is 1. The van der Waals surface area contributed by atoms with Crippen LogP contribution in [0, 0.1) is 6.92 Å². The lowest BCUT2D eigenvalue weighted by Crippen LogP contribution is -2.24. The third-order valence-corrected chi connectivity index (χ3v) is 3.80. The smallest absolute Gasteiger partial charge is 0.225 e. The molecule has 0 aliphatic carbocycles. The number of methoxy groups -OCH3 is 2. The van der Waals surface area contributed by atoms with E-state index in [2.05, 4.69) is 15.3 Å². The van der Waals surface area contributed by atoms with Crippen molar-refractivity contribution in [3.8, 4) is 11.5 Å². The number of hydrogen-bond donors (Lipinski definition) is 1. The molecule has 1 aromatic heterocycles. The molecule has 1 unspecified atom stereocenters. The van der Waals surface area contributed by atoms with E-state index in [9.17, 15) is 4.79 Å². The highest BCUT2D eigenvalue weighted by atomic mass is 16.5. The number of aryl methyl sites for hydroxylation is 1. The van der Waals surface area contributed by atoms with E-state index in [4.69, 9.17) is 9.47 Å². The maximum Gasteiger partial charge on any atom is 0.225 e. The van der Waals surface area contributed by atoms with E-state index in [1.165, 1.54) is 0 Å². The predicted molar refractivity (Wildman–Crippen MR) is 81.4 cm³/mol. The van der Waals surface area contributed by atoms with Crippen molar-refractivity contribution in [2.45, 2.75) is 19.3 Å². The monoisotopic (exact) mass is 299 g/mol. The highest BCUT2D eigenvalue weighted by Gasteiger charge is 2.28. The minimum absolute atomic E-state index is 0.0368. The van der Waals surface area contributed by atoms with Crippen molar-refractivity contribution < 1.29 is 14.3 Å². The second-order valence-corrected chi connectivity index (χ2v) is 5.16. The quantitative estimate of drug-likeness (QED) is 0.941. The minimum Gasteiger partial charge on any atom is -0.493 e. The van der Waals surface area contributed by atoms with Gasteiger partial charge in [0, 0.05) is 36.5 Å². The summed E-state index contributed by atoms with van der Waals surface area (Å²) in [5, 5.41) is 2.88. The molecule has 6 nitrogen and oxygen atoms in total. The van der Waals surface area contributed by atoms with Crippen LogP contribution in [0.15, 0.2) is 24.5 Å². The number of nitrogens with zero attached hydrogens (tertiary/aromatic N) is 2. The van der Waals surface area contributed by atoms with Gasteiger partial charge in [-0.2, -0.15) is 0 Å². The molecular formula is C16H17N3O3. The van der Waals surface area contributed by atoms with Gasteiger partial charge in [-0.15, -0.1) is 0 Å². The van der Waals surface area contributed by atoms with Crippen LogP contribution in [-0.4, -0.2) is 30.1 Å². The average molecular weight is 299 g/mol. The number of nitrogens with one attached hydrogen (secondary N) is 1. The first-order valence-electron chi connectivity index (χ1n) is 6.96. The molecule has 0 bridgehead atoms. The molecule has 22 heavy (non-hydrogen) atoms. The van der Waals surface area contributed by atoms with E-state index < -0.39 is 0 Å². The van der Waals surface area contributed by atoms with Crippen LogP contribution in [0.2, 0.25) is 0 Å². The second kappa shape index (κ2) is 5.63. The maximum absolute atomic E-state index is 12.0. The standard InChI is InChI=1S/C16H17N3O3/c1-9-17-7-10(8-18-9)11-5-16(20)19-13-6-15(22-3)14(21-2)4-12(11)13/h4,6-8,11H,5H2,1-3H3,(H,19,20). The first-order valence-corrected chi connectivity index (χ1v) is 6.96. The summed E-state index contributed by atoms with van der Waals surface area (Å²) in [5.74, 6) is 1.80. The summed E-state index contributed by atoms with van der Waals surface area (Å²) >= 11 is 0. The van der Waals surface area contributed by atoms with E-state index in [1.54, 1.807) is 32.7 Å². The van der Waals surface area contributed by atoms with Crippen molar-refractivity contribution in [2.24, 2.45) is 0 Å². The molecule has 1 amide bonds. The van der Waals surface area contributed by atoms with Crippen LogP contribution in [0.3, 0.4) is 0 Å². The van der Waals surface area contributed by atoms with Crippen molar-refractivity contribution in [1.29, 1.82) is 0 Å².